The zero-order valence-corrected chi connectivity index (χ0v) is 10.5. The quantitative estimate of drug-likeness (QED) is 0.626. The molecular weight excluding hydrogens is 206 g/mol. The first-order chi connectivity index (χ1) is 7.49. The van der Waals surface area contributed by atoms with Crippen LogP contribution in [0.15, 0.2) is 0 Å². The summed E-state index contributed by atoms with van der Waals surface area (Å²) in [5.41, 5.74) is 0. The molecule has 4 heteroatoms. The normalized spacial score (nSPS) is 14.2. The summed E-state index contributed by atoms with van der Waals surface area (Å²) >= 11 is 0. The number of carbonyl (C=O) groups excluding carboxylic acids is 1. The third-order valence-corrected chi connectivity index (χ3v) is 2.87. The van der Waals surface area contributed by atoms with Crippen LogP contribution in [0.2, 0.25) is 0 Å². The Balaban J connectivity index is 3.70. The molecular formula is C12H23NO3. The Bertz CT molecular complexity index is 228. The predicted molar refractivity (Wildman–Crippen MR) is 63.1 cm³/mol. The van der Waals surface area contributed by atoms with Gasteiger partial charge in [0.2, 0.25) is 5.91 Å². The van der Waals surface area contributed by atoms with Gasteiger partial charge in [-0.1, -0.05) is 33.6 Å². The smallest absolute Gasteiger partial charge is 0.306 e. The van der Waals surface area contributed by atoms with Gasteiger partial charge in [-0.2, -0.15) is 0 Å². The first-order valence-corrected chi connectivity index (χ1v) is 5.98. The standard InChI is InChI=1S/C12H23NO3/c1-4-5-6-7-11(14)13-8-9(2)10(3)12(15)16/h9-10H,4-8H2,1-3H3,(H,13,14)(H,15,16). The first-order valence-electron chi connectivity index (χ1n) is 5.98. The van der Waals surface area contributed by atoms with Gasteiger partial charge >= 0.3 is 5.97 Å². The lowest BCUT2D eigenvalue weighted by Gasteiger charge is -2.16. The van der Waals surface area contributed by atoms with Crippen molar-refractivity contribution in [3.63, 3.8) is 0 Å². The summed E-state index contributed by atoms with van der Waals surface area (Å²) in [6.45, 7) is 6.04. The van der Waals surface area contributed by atoms with Gasteiger partial charge in [-0.15, -0.1) is 0 Å². The molecule has 0 fully saturated rings. The van der Waals surface area contributed by atoms with Crippen LogP contribution in [0.1, 0.15) is 46.5 Å². The number of nitrogens with one attached hydrogen (secondary N) is 1. The van der Waals surface area contributed by atoms with Crippen LogP contribution in [0, 0.1) is 11.8 Å². The highest BCUT2D eigenvalue weighted by molar-refractivity contribution is 5.76. The molecule has 16 heavy (non-hydrogen) atoms. The van der Waals surface area contributed by atoms with Gasteiger partial charge in [0.25, 0.3) is 0 Å². The fourth-order valence-corrected chi connectivity index (χ4v) is 1.32. The molecule has 0 saturated carbocycles. The van der Waals surface area contributed by atoms with Crippen LogP contribution in [-0.2, 0) is 9.59 Å². The third-order valence-electron chi connectivity index (χ3n) is 2.87. The van der Waals surface area contributed by atoms with Gasteiger partial charge in [0.15, 0.2) is 0 Å². The number of hydrogen-bond acceptors (Lipinski definition) is 2. The minimum absolute atomic E-state index is 0.0258. The van der Waals surface area contributed by atoms with Crippen LogP contribution in [0.5, 0.6) is 0 Å². The van der Waals surface area contributed by atoms with Crippen molar-refractivity contribution in [2.45, 2.75) is 46.5 Å². The Hall–Kier alpha value is -1.06. The van der Waals surface area contributed by atoms with E-state index >= 15 is 0 Å². The molecule has 94 valence electrons. The zero-order chi connectivity index (χ0) is 12.6. The number of rotatable bonds is 8. The molecule has 0 aromatic rings. The van der Waals surface area contributed by atoms with Crippen LogP contribution in [-0.4, -0.2) is 23.5 Å². The molecule has 0 aliphatic carbocycles. The fourth-order valence-electron chi connectivity index (χ4n) is 1.32. The average molecular weight is 229 g/mol. The second-order valence-electron chi connectivity index (χ2n) is 4.37. The van der Waals surface area contributed by atoms with E-state index in [0.29, 0.717) is 13.0 Å². The molecule has 0 aromatic heterocycles. The second-order valence-corrected chi connectivity index (χ2v) is 4.37. The largest absolute Gasteiger partial charge is 0.481 e. The number of hydrogen-bond donors (Lipinski definition) is 2. The van der Waals surface area contributed by atoms with Crippen molar-refractivity contribution in [2.75, 3.05) is 6.54 Å². The van der Waals surface area contributed by atoms with Crippen LogP contribution in [0.3, 0.4) is 0 Å². The molecule has 2 unspecified atom stereocenters. The highest BCUT2D eigenvalue weighted by Crippen LogP contribution is 2.09. The van der Waals surface area contributed by atoms with E-state index in [1.54, 1.807) is 6.92 Å². The molecule has 0 rings (SSSR count). The van der Waals surface area contributed by atoms with Gasteiger partial charge in [0.05, 0.1) is 5.92 Å². The van der Waals surface area contributed by atoms with Crippen molar-refractivity contribution in [3.05, 3.63) is 0 Å². The molecule has 0 spiro atoms. The SMILES string of the molecule is CCCCCC(=O)NCC(C)C(C)C(=O)O. The van der Waals surface area contributed by atoms with E-state index in [2.05, 4.69) is 12.2 Å². The number of amides is 1. The maximum Gasteiger partial charge on any atom is 0.306 e. The van der Waals surface area contributed by atoms with Crippen LogP contribution >= 0.6 is 0 Å². The van der Waals surface area contributed by atoms with Gasteiger partial charge in [-0.3, -0.25) is 9.59 Å². The summed E-state index contributed by atoms with van der Waals surface area (Å²) in [6.07, 6.45) is 3.61. The Morgan fingerprint density at radius 1 is 1.25 bits per heavy atom. The first kappa shape index (κ1) is 14.9. The number of carboxylic acids is 1. The van der Waals surface area contributed by atoms with Crippen molar-refractivity contribution in [2.24, 2.45) is 11.8 Å². The monoisotopic (exact) mass is 229 g/mol. The predicted octanol–water partition coefficient (Wildman–Crippen LogP) is 2.04. The lowest BCUT2D eigenvalue weighted by molar-refractivity contribution is -0.143. The van der Waals surface area contributed by atoms with Crippen molar-refractivity contribution >= 4 is 11.9 Å². The van der Waals surface area contributed by atoms with E-state index in [1.807, 2.05) is 6.92 Å². The van der Waals surface area contributed by atoms with E-state index in [1.165, 1.54) is 0 Å². The van der Waals surface area contributed by atoms with Crippen molar-refractivity contribution in [3.8, 4) is 0 Å². The zero-order valence-electron chi connectivity index (χ0n) is 10.5. The molecule has 0 aromatic carbocycles. The molecule has 2 N–H and O–H groups in total. The molecule has 0 bridgehead atoms. The minimum Gasteiger partial charge on any atom is -0.481 e. The van der Waals surface area contributed by atoms with E-state index in [9.17, 15) is 9.59 Å². The molecule has 0 radical (unpaired) electrons. The van der Waals surface area contributed by atoms with E-state index in [4.69, 9.17) is 5.11 Å². The molecule has 1 amide bonds. The molecule has 2 atom stereocenters. The van der Waals surface area contributed by atoms with Crippen LogP contribution in [0.25, 0.3) is 0 Å². The second kappa shape index (κ2) is 8.13. The van der Waals surface area contributed by atoms with E-state index in [0.717, 1.165) is 19.3 Å². The lowest BCUT2D eigenvalue weighted by atomic mass is 9.96. The van der Waals surface area contributed by atoms with Crippen molar-refractivity contribution in [1.82, 2.24) is 5.32 Å². The maximum atomic E-state index is 11.4. The van der Waals surface area contributed by atoms with Gasteiger partial charge in [-0.05, 0) is 12.3 Å². The maximum absolute atomic E-state index is 11.4. The third kappa shape index (κ3) is 6.43. The highest BCUT2D eigenvalue weighted by atomic mass is 16.4. The summed E-state index contributed by atoms with van der Waals surface area (Å²) in [5, 5.41) is 11.6. The van der Waals surface area contributed by atoms with E-state index < -0.39 is 11.9 Å². The number of unbranched alkanes of at least 4 members (excludes halogenated alkanes) is 2. The van der Waals surface area contributed by atoms with Crippen molar-refractivity contribution in [1.29, 1.82) is 0 Å². The van der Waals surface area contributed by atoms with Crippen molar-refractivity contribution < 1.29 is 14.7 Å². The van der Waals surface area contributed by atoms with Gasteiger partial charge in [-0.25, -0.2) is 0 Å². The Morgan fingerprint density at radius 2 is 1.88 bits per heavy atom. The lowest BCUT2D eigenvalue weighted by Crippen LogP contribution is -2.32. The molecule has 0 aliphatic heterocycles. The topological polar surface area (TPSA) is 66.4 Å². The number of carbonyl (C=O) groups is 2. The molecule has 0 saturated heterocycles. The Labute approximate surface area is 97.4 Å². The van der Waals surface area contributed by atoms with Gasteiger partial charge in [0, 0.05) is 13.0 Å². The van der Waals surface area contributed by atoms with Crippen LogP contribution < -0.4 is 5.32 Å². The summed E-state index contributed by atoms with van der Waals surface area (Å²) in [6, 6.07) is 0. The number of carboxylic acid groups (broad SMARTS) is 1. The Kier molecular flexibility index (Phi) is 7.60. The summed E-state index contributed by atoms with van der Waals surface area (Å²) in [7, 11) is 0. The minimum atomic E-state index is -0.812. The molecule has 4 nitrogen and oxygen atoms in total. The summed E-state index contributed by atoms with van der Waals surface area (Å²) in [5.74, 6) is -1.24. The summed E-state index contributed by atoms with van der Waals surface area (Å²) < 4.78 is 0. The fraction of sp³-hybridized carbons (Fsp3) is 0.833. The highest BCUT2D eigenvalue weighted by Gasteiger charge is 2.19. The van der Waals surface area contributed by atoms with E-state index in [-0.39, 0.29) is 11.8 Å². The number of aliphatic carboxylic acids is 1. The van der Waals surface area contributed by atoms with Crippen LogP contribution in [0.4, 0.5) is 0 Å². The van der Waals surface area contributed by atoms with Gasteiger partial charge < -0.3 is 10.4 Å². The average Bonchev–Trinajstić information content (AvgIpc) is 2.25. The molecule has 0 aliphatic rings. The summed E-state index contributed by atoms with van der Waals surface area (Å²) in [4.78, 5) is 22.0. The Morgan fingerprint density at radius 3 is 2.38 bits per heavy atom. The molecule has 0 heterocycles. The van der Waals surface area contributed by atoms with Gasteiger partial charge in [0.1, 0.15) is 0 Å².